The monoisotopic (exact) mass is 497 g/mol. The average molecular weight is 498 g/mol. The van der Waals surface area contributed by atoms with E-state index in [1.165, 1.54) is 6.08 Å². The molecule has 0 aliphatic carbocycles. The lowest BCUT2D eigenvalue weighted by Crippen LogP contribution is -2.53. The van der Waals surface area contributed by atoms with Crippen molar-refractivity contribution in [2.24, 2.45) is 5.92 Å². The van der Waals surface area contributed by atoms with Crippen LogP contribution in [0.15, 0.2) is 97.1 Å². The Morgan fingerprint density at radius 3 is 2.11 bits per heavy atom. The number of rotatable bonds is 7. The highest BCUT2D eigenvalue weighted by Gasteiger charge is 2.55. The second-order valence-corrected chi connectivity index (χ2v) is 9.73. The molecule has 2 aliphatic rings. The molecule has 2 fully saturated rings. The molecule has 190 valence electrons. The van der Waals surface area contributed by atoms with Crippen molar-refractivity contribution in [3.8, 4) is 0 Å². The van der Waals surface area contributed by atoms with Gasteiger partial charge in [0.1, 0.15) is 12.2 Å². The molecule has 2 saturated heterocycles. The maximum Gasteiger partial charge on any atom is 0.338 e. The Morgan fingerprint density at radius 1 is 0.838 bits per heavy atom. The zero-order valence-corrected chi connectivity index (χ0v) is 20.7. The zero-order chi connectivity index (χ0) is 25.8. The summed E-state index contributed by atoms with van der Waals surface area (Å²) in [5.41, 5.74) is 2.17. The van der Waals surface area contributed by atoms with Crippen LogP contribution in [-0.2, 0) is 14.3 Å². The van der Waals surface area contributed by atoms with Gasteiger partial charge in [0, 0.05) is 30.9 Å². The fourth-order valence-electron chi connectivity index (χ4n) is 5.70. The summed E-state index contributed by atoms with van der Waals surface area (Å²) in [6.07, 6.45) is 2.43. The van der Waals surface area contributed by atoms with Gasteiger partial charge in [0.25, 0.3) is 0 Å². The lowest BCUT2D eigenvalue weighted by molar-refractivity contribution is -0.157. The van der Waals surface area contributed by atoms with Gasteiger partial charge in [-0.3, -0.25) is 4.90 Å². The first-order chi connectivity index (χ1) is 18.0. The molecule has 2 aliphatic heterocycles. The third kappa shape index (κ3) is 5.50. The molecule has 2 bridgehead atoms. The number of hydrogen-bond donors (Lipinski definition) is 1. The van der Waals surface area contributed by atoms with Gasteiger partial charge in [0.05, 0.1) is 17.7 Å². The minimum absolute atomic E-state index is 0.118. The predicted molar refractivity (Wildman–Crippen MR) is 140 cm³/mol. The molecule has 3 aromatic carbocycles. The molecule has 37 heavy (non-hydrogen) atoms. The summed E-state index contributed by atoms with van der Waals surface area (Å²) in [5, 5.41) is 11.5. The maximum atomic E-state index is 12.9. The van der Waals surface area contributed by atoms with Crippen LogP contribution in [0.3, 0.4) is 0 Å². The molecular formula is C31H31NO5. The molecule has 0 unspecified atom stereocenters. The van der Waals surface area contributed by atoms with Gasteiger partial charge in [0.2, 0.25) is 0 Å². The van der Waals surface area contributed by atoms with E-state index in [0.717, 1.165) is 11.1 Å². The van der Waals surface area contributed by atoms with Crippen LogP contribution in [0.4, 0.5) is 0 Å². The molecule has 6 atom stereocenters. The van der Waals surface area contributed by atoms with E-state index < -0.39 is 18.2 Å². The molecule has 2 heterocycles. The fourth-order valence-corrected chi connectivity index (χ4v) is 5.70. The number of likely N-dealkylation sites (N-methyl/N-ethyl adjacent to an activating group) is 1. The molecule has 0 saturated carbocycles. The third-order valence-corrected chi connectivity index (χ3v) is 7.55. The quantitative estimate of drug-likeness (QED) is 0.378. The van der Waals surface area contributed by atoms with Crippen LogP contribution in [-0.4, -0.2) is 53.3 Å². The van der Waals surface area contributed by atoms with Gasteiger partial charge in [0.15, 0.2) is 0 Å². The highest BCUT2D eigenvalue weighted by molar-refractivity contribution is 5.89. The van der Waals surface area contributed by atoms with Gasteiger partial charge >= 0.3 is 11.9 Å². The first-order valence-corrected chi connectivity index (χ1v) is 12.7. The van der Waals surface area contributed by atoms with E-state index >= 15 is 0 Å². The summed E-state index contributed by atoms with van der Waals surface area (Å²) in [6.45, 7) is 0. The number of aliphatic hydroxyl groups excluding tert-OH is 1. The first-order valence-electron chi connectivity index (χ1n) is 12.7. The van der Waals surface area contributed by atoms with E-state index in [1.54, 1.807) is 30.3 Å². The van der Waals surface area contributed by atoms with E-state index in [2.05, 4.69) is 4.90 Å². The molecule has 3 aromatic rings. The number of carbonyl (C=O) groups excluding carboxylic acids is 2. The van der Waals surface area contributed by atoms with E-state index in [4.69, 9.17) is 9.47 Å². The van der Waals surface area contributed by atoms with Gasteiger partial charge in [-0.1, -0.05) is 78.9 Å². The molecule has 0 aromatic heterocycles. The number of fused-ring (bicyclic) bond motifs is 2. The Balaban J connectivity index is 1.37. The normalized spacial score (nSPS) is 26.1. The minimum atomic E-state index is -0.839. The highest BCUT2D eigenvalue weighted by Crippen LogP contribution is 2.46. The zero-order valence-electron chi connectivity index (χ0n) is 20.7. The van der Waals surface area contributed by atoms with Crippen LogP contribution >= 0.6 is 0 Å². The molecule has 0 spiro atoms. The lowest BCUT2D eigenvalue weighted by atomic mass is 9.80. The van der Waals surface area contributed by atoms with Crippen molar-refractivity contribution < 1.29 is 24.2 Å². The largest absolute Gasteiger partial charge is 0.459 e. The van der Waals surface area contributed by atoms with E-state index in [1.807, 2.05) is 73.8 Å². The fraction of sp³-hybridized carbons (Fsp3) is 0.290. The number of piperidine rings is 1. The van der Waals surface area contributed by atoms with Crippen LogP contribution in [0.2, 0.25) is 0 Å². The molecule has 6 nitrogen and oxygen atoms in total. The van der Waals surface area contributed by atoms with Crippen LogP contribution in [0.5, 0.6) is 0 Å². The summed E-state index contributed by atoms with van der Waals surface area (Å²) >= 11 is 0. The van der Waals surface area contributed by atoms with Crippen molar-refractivity contribution >= 4 is 18.0 Å². The third-order valence-electron chi connectivity index (χ3n) is 7.55. The predicted octanol–water partition coefficient (Wildman–Crippen LogP) is 4.66. The molecule has 0 radical (unpaired) electrons. The highest BCUT2D eigenvalue weighted by atomic mass is 16.6. The minimum Gasteiger partial charge on any atom is -0.459 e. The van der Waals surface area contributed by atoms with Crippen molar-refractivity contribution in [2.45, 2.75) is 43.2 Å². The van der Waals surface area contributed by atoms with Crippen molar-refractivity contribution in [2.75, 3.05) is 7.05 Å². The van der Waals surface area contributed by atoms with Crippen molar-refractivity contribution in [3.63, 3.8) is 0 Å². The Bertz CT molecular complexity index is 1230. The van der Waals surface area contributed by atoms with Crippen molar-refractivity contribution in [3.05, 3.63) is 114 Å². The van der Waals surface area contributed by atoms with Gasteiger partial charge in [-0.05, 0) is 36.4 Å². The van der Waals surface area contributed by atoms with E-state index in [9.17, 15) is 14.7 Å². The molecule has 0 amide bonds. The number of nitrogens with zero attached hydrogens (tertiary/aromatic N) is 1. The number of carbonyl (C=O) groups is 2. The Labute approximate surface area is 217 Å². The number of hydrogen-bond acceptors (Lipinski definition) is 6. The van der Waals surface area contributed by atoms with E-state index in [0.29, 0.717) is 18.4 Å². The van der Waals surface area contributed by atoms with E-state index in [-0.39, 0.29) is 30.1 Å². The first kappa shape index (κ1) is 24.9. The second-order valence-electron chi connectivity index (χ2n) is 9.73. The Hall–Kier alpha value is -3.74. The van der Waals surface area contributed by atoms with Crippen molar-refractivity contribution in [1.82, 2.24) is 4.90 Å². The van der Waals surface area contributed by atoms with Gasteiger partial charge in [-0.25, -0.2) is 9.59 Å². The summed E-state index contributed by atoms with van der Waals surface area (Å²) in [4.78, 5) is 27.9. The van der Waals surface area contributed by atoms with Gasteiger partial charge in [-0.2, -0.15) is 0 Å². The Morgan fingerprint density at radius 2 is 1.43 bits per heavy atom. The molecule has 1 N–H and O–H groups in total. The Kier molecular flexibility index (Phi) is 7.49. The molecule has 6 heteroatoms. The summed E-state index contributed by atoms with van der Waals surface area (Å²) in [7, 11) is 1.99. The number of ether oxygens (including phenoxy) is 2. The van der Waals surface area contributed by atoms with Crippen LogP contribution in [0.25, 0.3) is 6.08 Å². The smallest absolute Gasteiger partial charge is 0.338 e. The van der Waals surface area contributed by atoms with Crippen molar-refractivity contribution in [1.29, 1.82) is 0 Å². The summed E-state index contributed by atoms with van der Waals surface area (Å²) in [5.74, 6) is -1.20. The summed E-state index contributed by atoms with van der Waals surface area (Å²) in [6, 6.07) is 27.7. The van der Waals surface area contributed by atoms with Crippen LogP contribution in [0, 0.1) is 5.92 Å². The average Bonchev–Trinajstić information content (AvgIpc) is 3.13. The number of aliphatic hydroxyl groups is 1. The van der Waals surface area contributed by atoms with Crippen LogP contribution in [0.1, 0.15) is 40.4 Å². The van der Waals surface area contributed by atoms with Gasteiger partial charge in [-0.15, -0.1) is 0 Å². The molecule has 5 rings (SSSR count). The van der Waals surface area contributed by atoms with Gasteiger partial charge < -0.3 is 14.6 Å². The maximum absolute atomic E-state index is 12.9. The summed E-state index contributed by atoms with van der Waals surface area (Å²) < 4.78 is 11.9. The number of benzene rings is 3. The van der Waals surface area contributed by atoms with Crippen LogP contribution < -0.4 is 0 Å². The SMILES string of the molecule is CN1[C@H]2C[C@H](OC(=O)c3ccccc3)[C@@H]1C[C@@H](OC(=O)C=Cc1ccccc1)[C@@H]2[C@H](O)c1ccccc1. The second kappa shape index (κ2) is 11.1. The topological polar surface area (TPSA) is 76.1 Å². The standard InChI is InChI=1S/C31H31NO5/c1-32-24-19-27(36-28(33)18-17-21-11-5-2-6-12-21)29(30(34)22-13-7-3-8-14-22)25(32)20-26(24)37-31(35)23-15-9-4-10-16-23/h2-18,24-27,29-30,34H,19-20H2,1H3/t24-,25-,26-,27+,29+,30+/m0/s1. The number of esters is 2. The molecular weight excluding hydrogens is 466 g/mol. The lowest BCUT2D eigenvalue weighted by Gasteiger charge is -2.44.